The van der Waals surface area contributed by atoms with Crippen molar-refractivity contribution in [1.29, 1.82) is 0 Å². The number of amides is 1. The lowest BCUT2D eigenvalue weighted by Gasteiger charge is -2.14. The third-order valence-electron chi connectivity index (χ3n) is 7.79. The van der Waals surface area contributed by atoms with E-state index in [0.29, 0.717) is 35.9 Å². The number of methoxy groups -OCH3 is 2. The van der Waals surface area contributed by atoms with Gasteiger partial charge in [0.25, 0.3) is 5.91 Å². The average Bonchev–Trinajstić information content (AvgIpc) is 3.29. The molecule has 1 aliphatic carbocycles. The fourth-order valence-corrected chi connectivity index (χ4v) is 5.30. The van der Waals surface area contributed by atoms with Gasteiger partial charge in [0, 0.05) is 34.8 Å². The van der Waals surface area contributed by atoms with Gasteiger partial charge in [-0.2, -0.15) is 0 Å². The van der Waals surface area contributed by atoms with Crippen LogP contribution in [0.3, 0.4) is 0 Å². The van der Waals surface area contributed by atoms with E-state index in [4.69, 9.17) is 9.47 Å². The number of hydrogen-bond acceptors (Lipinski definition) is 4. The molecule has 0 radical (unpaired) electrons. The number of carbonyl (C=O) groups is 2. The Morgan fingerprint density at radius 2 is 1.74 bits per heavy atom. The Kier molecular flexibility index (Phi) is 9.27. The van der Waals surface area contributed by atoms with Gasteiger partial charge in [0.05, 0.1) is 26.3 Å². The summed E-state index contributed by atoms with van der Waals surface area (Å²) in [6, 6.07) is 11.4. The standard InChI is InChI=1S/C32H40N2O4/c1-5-22(6-2)19-33-31(35)24-14-15-28-27(16-23-10-8-7-9-11-23)21-34(29(28)17-24)20-26-13-12-25(32(36)38-4)18-30(26)37-3/h12-18,21-22H,5-11,19-20H2,1-4H3,(H,33,35). The van der Waals surface area contributed by atoms with Crippen molar-refractivity contribution in [3.05, 3.63) is 70.4 Å². The SMILES string of the molecule is CCC(CC)CNC(=O)c1ccc2c(C=C3CCCCC3)cn(Cc3ccc(C(=O)OC)cc3OC)c2c1. The second-order valence-corrected chi connectivity index (χ2v) is 10.2. The highest BCUT2D eigenvalue weighted by molar-refractivity contribution is 6.00. The van der Waals surface area contributed by atoms with Gasteiger partial charge in [0.2, 0.25) is 0 Å². The van der Waals surface area contributed by atoms with Crippen molar-refractivity contribution in [3.63, 3.8) is 0 Å². The summed E-state index contributed by atoms with van der Waals surface area (Å²) in [7, 11) is 2.98. The van der Waals surface area contributed by atoms with Gasteiger partial charge < -0.3 is 19.4 Å². The van der Waals surface area contributed by atoms with E-state index in [1.165, 1.54) is 37.5 Å². The van der Waals surface area contributed by atoms with Gasteiger partial charge in [-0.05, 0) is 61.4 Å². The molecule has 1 aromatic heterocycles. The van der Waals surface area contributed by atoms with Crippen LogP contribution >= 0.6 is 0 Å². The van der Waals surface area contributed by atoms with Gasteiger partial charge in [-0.3, -0.25) is 4.79 Å². The number of rotatable bonds is 10. The number of nitrogens with one attached hydrogen (secondary N) is 1. The molecule has 0 saturated heterocycles. The predicted octanol–water partition coefficient (Wildman–Crippen LogP) is 7.00. The Bertz CT molecular complexity index is 1310. The molecule has 1 amide bonds. The van der Waals surface area contributed by atoms with Crippen molar-refractivity contribution in [1.82, 2.24) is 9.88 Å². The lowest BCUT2D eigenvalue weighted by Crippen LogP contribution is -2.28. The van der Waals surface area contributed by atoms with Gasteiger partial charge in [-0.15, -0.1) is 0 Å². The maximum atomic E-state index is 13.1. The van der Waals surface area contributed by atoms with E-state index in [0.717, 1.165) is 42.1 Å². The molecule has 2 aromatic carbocycles. The smallest absolute Gasteiger partial charge is 0.337 e. The summed E-state index contributed by atoms with van der Waals surface area (Å²) < 4.78 is 12.7. The normalized spacial score (nSPS) is 13.6. The number of esters is 1. The monoisotopic (exact) mass is 516 g/mol. The van der Waals surface area contributed by atoms with Gasteiger partial charge >= 0.3 is 5.97 Å². The fourth-order valence-electron chi connectivity index (χ4n) is 5.30. The highest BCUT2D eigenvalue weighted by Crippen LogP contribution is 2.31. The Labute approximate surface area is 226 Å². The number of allylic oxidation sites excluding steroid dienone is 1. The summed E-state index contributed by atoms with van der Waals surface area (Å²) in [4.78, 5) is 25.1. The molecule has 1 N–H and O–H groups in total. The largest absolute Gasteiger partial charge is 0.496 e. The Morgan fingerprint density at radius 3 is 2.42 bits per heavy atom. The van der Waals surface area contributed by atoms with Crippen molar-refractivity contribution >= 4 is 28.9 Å². The molecule has 4 rings (SSSR count). The van der Waals surface area contributed by atoms with Crippen LogP contribution in [0.4, 0.5) is 0 Å². The van der Waals surface area contributed by atoms with Crippen molar-refractivity contribution in [2.45, 2.75) is 65.3 Å². The summed E-state index contributed by atoms with van der Waals surface area (Å²) in [5, 5.41) is 4.25. The first kappa shape index (κ1) is 27.5. The average molecular weight is 517 g/mol. The van der Waals surface area contributed by atoms with E-state index >= 15 is 0 Å². The highest BCUT2D eigenvalue weighted by Gasteiger charge is 2.16. The van der Waals surface area contributed by atoms with Crippen LogP contribution in [0.25, 0.3) is 17.0 Å². The zero-order valence-corrected chi connectivity index (χ0v) is 23.1. The molecule has 6 heteroatoms. The maximum Gasteiger partial charge on any atom is 0.337 e. The van der Waals surface area contributed by atoms with E-state index in [2.05, 4.69) is 42.1 Å². The minimum atomic E-state index is -0.397. The predicted molar refractivity (Wildman–Crippen MR) is 153 cm³/mol. The first-order chi connectivity index (χ1) is 18.5. The Balaban J connectivity index is 1.72. The molecule has 0 aliphatic heterocycles. The van der Waals surface area contributed by atoms with Crippen molar-refractivity contribution in [2.24, 2.45) is 5.92 Å². The topological polar surface area (TPSA) is 69.6 Å². The number of hydrogen-bond donors (Lipinski definition) is 1. The van der Waals surface area contributed by atoms with Gasteiger partial charge in [0.1, 0.15) is 5.75 Å². The third-order valence-corrected chi connectivity index (χ3v) is 7.79. The molecule has 6 nitrogen and oxygen atoms in total. The van der Waals surface area contributed by atoms with Crippen LogP contribution in [0.15, 0.2) is 48.2 Å². The van der Waals surface area contributed by atoms with E-state index in [1.807, 2.05) is 18.2 Å². The molecule has 1 aliphatic rings. The minimum absolute atomic E-state index is 0.0428. The van der Waals surface area contributed by atoms with Crippen LogP contribution in [0.2, 0.25) is 0 Å². The number of nitrogens with zero attached hydrogens (tertiary/aromatic N) is 1. The Hall–Kier alpha value is -3.54. The number of ether oxygens (including phenoxy) is 2. The van der Waals surface area contributed by atoms with E-state index in [1.54, 1.807) is 19.2 Å². The molecule has 38 heavy (non-hydrogen) atoms. The number of benzene rings is 2. The summed E-state index contributed by atoms with van der Waals surface area (Å²) in [6.07, 6.45) is 12.7. The van der Waals surface area contributed by atoms with Crippen LogP contribution in [-0.4, -0.2) is 37.2 Å². The molecule has 0 bridgehead atoms. The van der Waals surface area contributed by atoms with E-state index < -0.39 is 5.97 Å². The summed E-state index contributed by atoms with van der Waals surface area (Å²) >= 11 is 0. The number of fused-ring (bicyclic) bond motifs is 1. The van der Waals surface area contributed by atoms with Gasteiger partial charge in [-0.1, -0.05) is 56.9 Å². The third kappa shape index (κ3) is 6.29. The van der Waals surface area contributed by atoms with Crippen LogP contribution < -0.4 is 10.1 Å². The molecule has 202 valence electrons. The lowest BCUT2D eigenvalue weighted by molar-refractivity contribution is 0.0600. The first-order valence-electron chi connectivity index (χ1n) is 13.8. The summed E-state index contributed by atoms with van der Waals surface area (Å²) in [5.41, 5.74) is 5.71. The molecule has 0 atom stereocenters. The summed E-state index contributed by atoms with van der Waals surface area (Å²) in [6.45, 7) is 5.55. The lowest BCUT2D eigenvalue weighted by atomic mass is 9.93. The zero-order valence-electron chi connectivity index (χ0n) is 23.1. The van der Waals surface area contributed by atoms with Crippen LogP contribution in [-0.2, 0) is 11.3 Å². The van der Waals surface area contributed by atoms with Crippen molar-refractivity contribution < 1.29 is 19.1 Å². The molecular weight excluding hydrogens is 476 g/mol. The van der Waals surface area contributed by atoms with Crippen molar-refractivity contribution in [3.8, 4) is 5.75 Å². The number of carbonyl (C=O) groups excluding carboxylic acids is 2. The second-order valence-electron chi connectivity index (χ2n) is 10.2. The molecule has 0 unspecified atom stereocenters. The van der Waals surface area contributed by atoms with Crippen LogP contribution in [0.1, 0.15) is 90.6 Å². The molecule has 1 fully saturated rings. The highest BCUT2D eigenvalue weighted by atomic mass is 16.5. The Morgan fingerprint density at radius 1 is 1.00 bits per heavy atom. The second kappa shape index (κ2) is 12.8. The molecular formula is C32H40N2O4. The maximum absolute atomic E-state index is 13.1. The van der Waals surface area contributed by atoms with Crippen LogP contribution in [0.5, 0.6) is 5.75 Å². The minimum Gasteiger partial charge on any atom is -0.496 e. The van der Waals surface area contributed by atoms with Crippen molar-refractivity contribution in [2.75, 3.05) is 20.8 Å². The molecule has 3 aromatic rings. The summed E-state index contributed by atoms with van der Waals surface area (Å²) in [5.74, 6) is 0.673. The molecule has 0 spiro atoms. The quantitative estimate of drug-likeness (QED) is 0.295. The van der Waals surface area contributed by atoms with Gasteiger partial charge in [0.15, 0.2) is 0 Å². The van der Waals surface area contributed by atoms with Crippen LogP contribution in [0, 0.1) is 5.92 Å². The van der Waals surface area contributed by atoms with Gasteiger partial charge in [-0.25, -0.2) is 4.79 Å². The number of aromatic nitrogens is 1. The molecule has 1 saturated carbocycles. The zero-order chi connectivity index (χ0) is 27.1. The first-order valence-corrected chi connectivity index (χ1v) is 13.8. The fraction of sp³-hybridized carbons (Fsp3) is 0.438. The van der Waals surface area contributed by atoms with E-state index in [-0.39, 0.29) is 5.91 Å². The van der Waals surface area contributed by atoms with E-state index in [9.17, 15) is 9.59 Å². The molecule has 1 heterocycles.